The Morgan fingerprint density at radius 2 is 1.76 bits per heavy atom. The van der Waals surface area contributed by atoms with Crippen LogP contribution in [0.2, 0.25) is 0 Å². The lowest BCUT2D eigenvalue weighted by Crippen LogP contribution is -2.49. The number of anilines is 1. The molecule has 1 fully saturated rings. The van der Waals surface area contributed by atoms with Crippen molar-refractivity contribution in [3.05, 3.63) is 65.6 Å². The molecular formula is C20H20FN3O. The second-order valence-electron chi connectivity index (χ2n) is 6.43. The van der Waals surface area contributed by atoms with E-state index in [2.05, 4.69) is 22.0 Å². The summed E-state index contributed by atoms with van der Waals surface area (Å²) >= 11 is 0. The molecule has 25 heavy (non-hydrogen) atoms. The lowest BCUT2D eigenvalue weighted by molar-refractivity contribution is 0.0741. The van der Waals surface area contributed by atoms with E-state index >= 15 is 0 Å². The van der Waals surface area contributed by atoms with Gasteiger partial charge in [0.25, 0.3) is 5.91 Å². The number of amides is 1. The van der Waals surface area contributed by atoms with Crippen molar-refractivity contribution in [3.8, 4) is 0 Å². The van der Waals surface area contributed by atoms with Gasteiger partial charge in [0.2, 0.25) is 0 Å². The molecule has 2 aromatic carbocycles. The number of fused-ring (bicyclic) bond motifs is 1. The number of rotatable bonds is 2. The van der Waals surface area contributed by atoms with Gasteiger partial charge in [-0.1, -0.05) is 18.2 Å². The van der Waals surface area contributed by atoms with Gasteiger partial charge >= 0.3 is 0 Å². The lowest BCUT2D eigenvalue weighted by Gasteiger charge is -2.36. The van der Waals surface area contributed by atoms with Crippen LogP contribution in [-0.4, -0.2) is 42.0 Å². The zero-order valence-corrected chi connectivity index (χ0v) is 14.1. The average Bonchev–Trinajstić information content (AvgIpc) is 2.98. The second-order valence-corrected chi connectivity index (χ2v) is 6.43. The van der Waals surface area contributed by atoms with Gasteiger partial charge in [-0.15, -0.1) is 0 Å². The van der Waals surface area contributed by atoms with Crippen LogP contribution in [-0.2, 0) is 0 Å². The summed E-state index contributed by atoms with van der Waals surface area (Å²) in [6.45, 7) is 4.84. The van der Waals surface area contributed by atoms with Crippen molar-refractivity contribution in [1.82, 2.24) is 9.88 Å². The van der Waals surface area contributed by atoms with Crippen LogP contribution in [0.1, 0.15) is 16.1 Å². The fourth-order valence-corrected chi connectivity index (χ4v) is 3.48. The number of halogens is 1. The van der Waals surface area contributed by atoms with Crippen LogP contribution in [0.5, 0.6) is 0 Å². The Balaban J connectivity index is 1.52. The van der Waals surface area contributed by atoms with E-state index in [1.54, 1.807) is 6.07 Å². The van der Waals surface area contributed by atoms with Gasteiger partial charge in [0.05, 0.1) is 0 Å². The standard InChI is InChI=1S/C20H20FN3O/c1-14-17-13-15(21)7-8-18(17)22-19(14)20(25)24-11-9-23(10-12-24)16-5-3-2-4-6-16/h2-8,13,22H,9-12H2,1H3. The molecule has 4 rings (SSSR count). The molecule has 1 aliphatic heterocycles. The molecule has 3 aromatic rings. The SMILES string of the molecule is Cc1c(C(=O)N2CCN(c3ccccc3)CC2)[nH]c2ccc(F)cc12. The fourth-order valence-electron chi connectivity index (χ4n) is 3.48. The summed E-state index contributed by atoms with van der Waals surface area (Å²) in [5.41, 5.74) is 3.36. The molecule has 4 nitrogen and oxygen atoms in total. The van der Waals surface area contributed by atoms with Crippen LogP contribution in [0.25, 0.3) is 10.9 Å². The predicted molar refractivity (Wildman–Crippen MR) is 97.6 cm³/mol. The quantitative estimate of drug-likeness (QED) is 0.776. The molecule has 1 amide bonds. The number of nitrogens with zero attached hydrogens (tertiary/aromatic N) is 2. The Kier molecular flexibility index (Phi) is 3.92. The minimum absolute atomic E-state index is 0.0122. The van der Waals surface area contributed by atoms with E-state index in [0.717, 1.165) is 29.6 Å². The maximum atomic E-state index is 13.5. The summed E-state index contributed by atoms with van der Waals surface area (Å²) in [4.78, 5) is 20.2. The highest BCUT2D eigenvalue weighted by atomic mass is 19.1. The number of benzene rings is 2. The number of aromatic nitrogens is 1. The highest BCUT2D eigenvalue weighted by molar-refractivity contribution is 6.01. The Morgan fingerprint density at radius 1 is 1.04 bits per heavy atom. The Morgan fingerprint density at radius 3 is 2.48 bits per heavy atom. The summed E-state index contributed by atoms with van der Waals surface area (Å²) in [5, 5.41) is 0.770. The normalized spacial score (nSPS) is 15.0. The number of hydrogen-bond donors (Lipinski definition) is 1. The molecule has 0 radical (unpaired) electrons. The molecule has 1 aliphatic rings. The third kappa shape index (κ3) is 2.86. The van der Waals surface area contributed by atoms with Gasteiger partial charge in [0, 0.05) is 42.8 Å². The summed E-state index contributed by atoms with van der Waals surface area (Å²) < 4.78 is 13.5. The number of carbonyl (C=O) groups excluding carboxylic acids is 1. The monoisotopic (exact) mass is 337 g/mol. The van der Waals surface area contributed by atoms with Gasteiger partial charge in [0.1, 0.15) is 11.5 Å². The van der Waals surface area contributed by atoms with E-state index in [0.29, 0.717) is 18.8 Å². The largest absolute Gasteiger partial charge is 0.368 e. The van der Waals surface area contributed by atoms with Crippen molar-refractivity contribution in [3.63, 3.8) is 0 Å². The number of H-pyrrole nitrogens is 1. The number of hydrogen-bond acceptors (Lipinski definition) is 2. The van der Waals surface area contributed by atoms with Gasteiger partial charge in [-0.25, -0.2) is 4.39 Å². The van der Waals surface area contributed by atoms with Crippen LogP contribution in [0.15, 0.2) is 48.5 Å². The lowest BCUT2D eigenvalue weighted by atomic mass is 10.1. The van der Waals surface area contributed by atoms with Crippen LogP contribution < -0.4 is 4.90 Å². The zero-order valence-electron chi connectivity index (χ0n) is 14.1. The number of para-hydroxylation sites is 1. The molecular weight excluding hydrogens is 317 g/mol. The third-order valence-corrected chi connectivity index (χ3v) is 4.92. The van der Waals surface area contributed by atoms with Crippen molar-refractivity contribution in [1.29, 1.82) is 0 Å². The summed E-state index contributed by atoms with van der Waals surface area (Å²) in [6.07, 6.45) is 0. The minimum atomic E-state index is -0.287. The minimum Gasteiger partial charge on any atom is -0.368 e. The second kappa shape index (κ2) is 6.24. The first-order valence-electron chi connectivity index (χ1n) is 8.50. The van der Waals surface area contributed by atoms with E-state index in [1.807, 2.05) is 30.0 Å². The van der Waals surface area contributed by atoms with Crippen molar-refractivity contribution in [2.75, 3.05) is 31.1 Å². The molecule has 1 aromatic heterocycles. The van der Waals surface area contributed by atoms with Crippen LogP contribution >= 0.6 is 0 Å². The first-order chi connectivity index (χ1) is 12.1. The maximum absolute atomic E-state index is 13.5. The van der Waals surface area contributed by atoms with Gasteiger partial charge in [-0.05, 0) is 42.8 Å². The molecule has 1 N–H and O–H groups in total. The van der Waals surface area contributed by atoms with E-state index in [1.165, 1.54) is 17.8 Å². The predicted octanol–water partition coefficient (Wildman–Crippen LogP) is 3.58. The smallest absolute Gasteiger partial charge is 0.270 e. The molecule has 2 heterocycles. The van der Waals surface area contributed by atoms with Crippen LogP contribution in [0.3, 0.4) is 0 Å². The maximum Gasteiger partial charge on any atom is 0.270 e. The van der Waals surface area contributed by atoms with Crippen LogP contribution in [0, 0.1) is 12.7 Å². The molecule has 5 heteroatoms. The van der Waals surface area contributed by atoms with Crippen molar-refractivity contribution < 1.29 is 9.18 Å². The topological polar surface area (TPSA) is 39.3 Å². The molecule has 0 bridgehead atoms. The Labute approximate surface area is 145 Å². The molecule has 0 saturated carbocycles. The number of piperazine rings is 1. The Bertz CT molecular complexity index is 911. The molecule has 128 valence electrons. The van der Waals surface area contributed by atoms with Crippen LogP contribution in [0.4, 0.5) is 10.1 Å². The van der Waals surface area contributed by atoms with E-state index in [4.69, 9.17) is 0 Å². The number of aromatic amines is 1. The van der Waals surface area contributed by atoms with Gasteiger partial charge < -0.3 is 14.8 Å². The molecule has 0 aliphatic carbocycles. The summed E-state index contributed by atoms with van der Waals surface area (Å²) in [5.74, 6) is -0.299. The first-order valence-corrected chi connectivity index (χ1v) is 8.50. The number of carbonyl (C=O) groups is 1. The van der Waals surface area contributed by atoms with Crippen molar-refractivity contribution >= 4 is 22.5 Å². The summed E-state index contributed by atoms with van der Waals surface area (Å²) in [6, 6.07) is 14.8. The fraction of sp³-hybridized carbons (Fsp3) is 0.250. The van der Waals surface area contributed by atoms with Gasteiger partial charge in [0.15, 0.2) is 0 Å². The third-order valence-electron chi connectivity index (χ3n) is 4.92. The number of nitrogens with one attached hydrogen (secondary N) is 1. The number of aryl methyl sites for hydroxylation is 1. The van der Waals surface area contributed by atoms with E-state index in [9.17, 15) is 9.18 Å². The van der Waals surface area contributed by atoms with E-state index in [-0.39, 0.29) is 11.7 Å². The molecule has 1 saturated heterocycles. The Hall–Kier alpha value is -2.82. The molecule has 0 spiro atoms. The van der Waals surface area contributed by atoms with Crippen molar-refractivity contribution in [2.45, 2.75) is 6.92 Å². The molecule has 0 unspecified atom stereocenters. The highest BCUT2D eigenvalue weighted by Crippen LogP contribution is 2.24. The zero-order chi connectivity index (χ0) is 17.4. The van der Waals surface area contributed by atoms with Crippen molar-refractivity contribution in [2.24, 2.45) is 0 Å². The molecule has 0 atom stereocenters. The van der Waals surface area contributed by atoms with E-state index < -0.39 is 0 Å². The first kappa shape index (κ1) is 15.7. The average molecular weight is 337 g/mol. The summed E-state index contributed by atoms with van der Waals surface area (Å²) in [7, 11) is 0. The highest BCUT2D eigenvalue weighted by Gasteiger charge is 2.25. The van der Waals surface area contributed by atoms with Gasteiger partial charge in [-0.3, -0.25) is 4.79 Å². The van der Waals surface area contributed by atoms with Gasteiger partial charge in [-0.2, -0.15) is 0 Å².